The van der Waals surface area contributed by atoms with Crippen LogP contribution < -0.4 is 10.2 Å². The molecule has 4 nitrogen and oxygen atoms in total. The quantitative estimate of drug-likeness (QED) is 0.828. The summed E-state index contributed by atoms with van der Waals surface area (Å²) in [7, 11) is 0. The molecule has 1 aromatic rings. The molecule has 156 valence electrons. The van der Waals surface area contributed by atoms with Crippen molar-refractivity contribution in [2.75, 3.05) is 44.2 Å². The van der Waals surface area contributed by atoms with Gasteiger partial charge in [0.05, 0.1) is 5.56 Å². The molecular formula is C21H30F3N3O. The smallest absolute Gasteiger partial charge is 0.367 e. The number of carbonyl (C=O) groups is 1. The molecule has 0 aliphatic carbocycles. The number of carbonyl (C=O) groups excluding carboxylic acids is 1. The predicted molar refractivity (Wildman–Crippen MR) is 105 cm³/mol. The van der Waals surface area contributed by atoms with Crippen LogP contribution in [0.15, 0.2) is 18.2 Å². The summed E-state index contributed by atoms with van der Waals surface area (Å²) in [6.45, 7) is 9.23. The number of nitrogens with one attached hydrogen (secondary N) is 1. The van der Waals surface area contributed by atoms with E-state index in [0.29, 0.717) is 31.7 Å². The fraction of sp³-hybridized carbons (Fsp3) is 0.667. The van der Waals surface area contributed by atoms with E-state index in [9.17, 15) is 18.0 Å². The minimum absolute atomic E-state index is 0.0459. The van der Waals surface area contributed by atoms with E-state index >= 15 is 0 Å². The molecule has 1 amide bonds. The number of rotatable bonds is 2. The summed E-state index contributed by atoms with van der Waals surface area (Å²) < 4.78 is 41.2. The molecule has 2 saturated heterocycles. The van der Waals surface area contributed by atoms with Crippen molar-refractivity contribution in [2.24, 2.45) is 5.92 Å². The summed E-state index contributed by atoms with van der Waals surface area (Å²) in [6, 6.07) is 4.66. The lowest BCUT2D eigenvalue weighted by atomic mass is 9.85. The molecule has 1 aromatic carbocycles. The van der Waals surface area contributed by atoms with Crippen molar-refractivity contribution in [3.8, 4) is 0 Å². The van der Waals surface area contributed by atoms with Crippen LogP contribution in [0.3, 0.4) is 0 Å². The van der Waals surface area contributed by atoms with E-state index in [1.165, 1.54) is 6.07 Å². The number of amides is 1. The molecule has 2 fully saturated rings. The van der Waals surface area contributed by atoms with Gasteiger partial charge in [-0.2, -0.15) is 13.2 Å². The van der Waals surface area contributed by atoms with E-state index in [0.717, 1.165) is 25.9 Å². The molecule has 2 aliphatic heterocycles. The lowest BCUT2D eigenvalue weighted by Gasteiger charge is -2.39. The lowest BCUT2D eigenvalue weighted by molar-refractivity contribution is -0.138. The molecule has 0 aromatic heterocycles. The molecule has 0 spiro atoms. The van der Waals surface area contributed by atoms with Crippen LogP contribution in [-0.2, 0) is 16.4 Å². The maximum atomic E-state index is 13.7. The number of halogens is 3. The van der Waals surface area contributed by atoms with Gasteiger partial charge in [-0.05, 0) is 49.0 Å². The molecule has 0 atom stereocenters. The molecule has 3 rings (SSSR count). The standard InChI is InChI=1S/C21H30F3N3O/c1-20(2,3)16-4-5-18(17(14-16)21(22,23)24)26-10-12-27(13-11-26)19(28)15-6-8-25-9-7-15/h4-5,14-15,25H,6-13H2,1-3H3. The van der Waals surface area contributed by atoms with Crippen LogP contribution in [0.4, 0.5) is 18.9 Å². The first-order valence-corrected chi connectivity index (χ1v) is 10.0. The maximum absolute atomic E-state index is 13.7. The predicted octanol–water partition coefficient (Wildman–Crippen LogP) is 3.65. The van der Waals surface area contributed by atoms with Crippen molar-refractivity contribution >= 4 is 11.6 Å². The first kappa shape index (κ1) is 21.0. The van der Waals surface area contributed by atoms with Gasteiger partial charge in [0.1, 0.15) is 0 Å². The Hall–Kier alpha value is -1.76. The zero-order chi connectivity index (χ0) is 20.5. The summed E-state index contributed by atoms with van der Waals surface area (Å²) >= 11 is 0. The minimum Gasteiger partial charge on any atom is -0.367 e. The molecule has 0 radical (unpaired) electrons. The highest BCUT2D eigenvalue weighted by molar-refractivity contribution is 5.79. The van der Waals surface area contributed by atoms with Gasteiger partial charge in [-0.15, -0.1) is 0 Å². The second-order valence-corrected chi connectivity index (χ2v) is 8.82. The van der Waals surface area contributed by atoms with E-state index in [1.54, 1.807) is 17.0 Å². The SMILES string of the molecule is CC(C)(C)c1ccc(N2CCN(C(=O)C3CCNCC3)CC2)c(C(F)(F)F)c1. The van der Waals surface area contributed by atoms with Crippen LogP contribution in [0.1, 0.15) is 44.7 Å². The molecular weight excluding hydrogens is 367 g/mol. The van der Waals surface area contributed by atoms with Crippen molar-refractivity contribution < 1.29 is 18.0 Å². The maximum Gasteiger partial charge on any atom is 0.418 e. The Morgan fingerprint density at radius 2 is 1.64 bits per heavy atom. The number of alkyl halides is 3. The third kappa shape index (κ3) is 4.62. The highest BCUT2D eigenvalue weighted by Gasteiger charge is 2.37. The Bertz CT molecular complexity index is 698. The van der Waals surface area contributed by atoms with Crippen molar-refractivity contribution in [1.82, 2.24) is 10.2 Å². The fourth-order valence-electron chi connectivity index (χ4n) is 4.00. The number of hydrogen-bond acceptors (Lipinski definition) is 3. The van der Waals surface area contributed by atoms with Gasteiger partial charge < -0.3 is 15.1 Å². The van der Waals surface area contributed by atoms with E-state index in [1.807, 2.05) is 25.7 Å². The summed E-state index contributed by atoms with van der Waals surface area (Å²) in [4.78, 5) is 16.3. The average Bonchev–Trinajstić information content (AvgIpc) is 2.66. The molecule has 7 heteroatoms. The summed E-state index contributed by atoms with van der Waals surface area (Å²) in [5.41, 5.74) is -0.0470. The van der Waals surface area contributed by atoms with E-state index < -0.39 is 11.7 Å². The van der Waals surface area contributed by atoms with Crippen LogP contribution in [-0.4, -0.2) is 50.1 Å². The number of anilines is 1. The largest absolute Gasteiger partial charge is 0.418 e. The van der Waals surface area contributed by atoms with Crippen LogP contribution >= 0.6 is 0 Å². The van der Waals surface area contributed by atoms with Crippen molar-refractivity contribution in [3.63, 3.8) is 0 Å². The molecule has 2 heterocycles. The monoisotopic (exact) mass is 397 g/mol. The van der Waals surface area contributed by atoms with Gasteiger partial charge in [0.2, 0.25) is 5.91 Å². The van der Waals surface area contributed by atoms with Crippen molar-refractivity contribution in [2.45, 2.75) is 45.2 Å². The molecule has 0 unspecified atom stereocenters. The summed E-state index contributed by atoms with van der Waals surface area (Å²) in [6.07, 6.45) is -2.73. The van der Waals surface area contributed by atoms with Gasteiger partial charge >= 0.3 is 6.18 Å². The normalized spacial score (nSPS) is 19.8. The number of piperidine rings is 1. The van der Waals surface area contributed by atoms with Crippen molar-refractivity contribution in [3.05, 3.63) is 29.3 Å². The average molecular weight is 397 g/mol. The minimum atomic E-state index is -4.40. The third-order valence-electron chi connectivity index (χ3n) is 5.79. The highest BCUT2D eigenvalue weighted by Crippen LogP contribution is 2.39. The van der Waals surface area contributed by atoms with Gasteiger partial charge in [-0.25, -0.2) is 0 Å². The van der Waals surface area contributed by atoms with Crippen LogP contribution in [0.25, 0.3) is 0 Å². The van der Waals surface area contributed by atoms with Crippen LogP contribution in [0, 0.1) is 5.92 Å². The van der Waals surface area contributed by atoms with E-state index in [2.05, 4.69) is 5.32 Å². The molecule has 2 aliphatic rings. The second-order valence-electron chi connectivity index (χ2n) is 8.82. The topological polar surface area (TPSA) is 35.6 Å². The number of nitrogens with zero attached hydrogens (tertiary/aromatic N) is 2. The second kappa shape index (κ2) is 7.93. The third-order valence-corrected chi connectivity index (χ3v) is 5.79. The first-order valence-electron chi connectivity index (χ1n) is 10.0. The first-order chi connectivity index (χ1) is 13.1. The van der Waals surface area contributed by atoms with Gasteiger partial charge in [0.25, 0.3) is 0 Å². The van der Waals surface area contributed by atoms with E-state index in [-0.39, 0.29) is 22.9 Å². The van der Waals surface area contributed by atoms with Crippen molar-refractivity contribution in [1.29, 1.82) is 0 Å². The number of piperazine rings is 1. The Labute approximate surface area is 165 Å². The number of benzene rings is 1. The zero-order valence-electron chi connectivity index (χ0n) is 16.9. The molecule has 0 bridgehead atoms. The Kier molecular flexibility index (Phi) is 5.94. The van der Waals surface area contributed by atoms with Gasteiger partial charge in [0, 0.05) is 37.8 Å². The van der Waals surface area contributed by atoms with Gasteiger partial charge in [-0.3, -0.25) is 4.79 Å². The Morgan fingerprint density at radius 3 is 2.18 bits per heavy atom. The van der Waals surface area contributed by atoms with Gasteiger partial charge in [-0.1, -0.05) is 26.8 Å². The number of hydrogen-bond donors (Lipinski definition) is 1. The summed E-state index contributed by atoms with van der Waals surface area (Å²) in [5, 5.41) is 3.25. The zero-order valence-corrected chi connectivity index (χ0v) is 16.9. The molecule has 0 saturated carbocycles. The lowest BCUT2D eigenvalue weighted by Crippen LogP contribution is -2.51. The fourth-order valence-corrected chi connectivity index (χ4v) is 4.00. The molecule has 1 N–H and O–H groups in total. The van der Waals surface area contributed by atoms with Crippen LogP contribution in [0.5, 0.6) is 0 Å². The highest BCUT2D eigenvalue weighted by atomic mass is 19.4. The Balaban J connectivity index is 1.74. The van der Waals surface area contributed by atoms with Crippen LogP contribution in [0.2, 0.25) is 0 Å². The van der Waals surface area contributed by atoms with E-state index in [4.69, 9.17) is 0 Å². The Morgan fingerprint density at radius 1 is 1.04 bits per heavy atom. The summed E-state index contributed by atoms with van der Waals surface area (Å²) in [5.74, 6) is 0.199. The molecule has 28 heavy (non-hydrogen) atoms. The van der Waals surface area contributed by atoms with Gasteiger partial charge in [0.15, 0.2) is 0 Å².